The second-order valence-corrected chi connectivity index (χ2v) is 11.4. The number of benzene rings is 3. The molecule has 4 aromatic rings. The van der Waals surface area contributed by atoms with Gasteiger partial charge in [-0.25, -0.2) is 13.4 Å². The first kappa shape index (κ1) is 26.0. The van der Waals surface area contributed by atoms with Crippen LogP contribution in [0.3, 0.4) is 0 Å². The maximum atomic E-state index is 12.4. The summed E-state index contributed by atoms with van der Waals surface area (Å²) in [5.41, 5.74) is 5.07. The van der Waals surface area contributed by atoms with E-state index in [0.717, 1.165) is 44.0 Å². The number of H-pyrrole nitrogens is 1. The van der Waals surface area contributed by atoms with Crippen LogP contribution in [0.5, 0.6) is 5.88 Å². The number of hydrogen-bond acceptors (Lipinski definition) is 6. The van der Waals surface area contributed by atoms with Gasteiger partial charge in [0.1, 0.15) is 0 Å². The van der Waals surface area contributed by atoms with Crippen molar-refractivity contribution in [3.63, 3.8) is 0 Å². The predicted molar refractivity (Wildman–Crippen MR) is 154 cm³/mol. The number of fused-ring (bicyclic) bond motifs is 1. The minimum absolute atomic E-state index is 0.0218. The van der Waals surface area contributed by atoms with Gasteiger partial charge in [-0.15, -0.1) is 0 Å². The Labute approximate surface area is 223 Å². The van der Waals surface area contributed by atoms with Crippen LogP contribution in [0.15, 0.2) is 77.8 Å². The Hall–Kier alpha value is -3.66. The Kier molecular flexibility index (Phi) is 7.78. The highest BCUT2D eigenvalue weighted by Gasteiger charge is 2.20. The van der Waals surface area contributed by atoms with Gasteiger partial charge in [0, 0.05) is 54.9 Å². The summed E-state index contributed by atoms with van der Waals surface area (Å²) in [6.45, 7) is 6.82. The van der Waals surface area contributed by atoms with Crippen molar-refractivity contribution in [3.8, 4) is 5.88 Å². The van der Waals surface area contributed by atoms with E-state index in [1.54, 1.807) is 18.2 Å². The molecule has 38 heavy (non-hydrogen) atoms. The lowest BCUT2D eigenvalue weighted by molar-refractivity contribution is 0.233. The normalized spacial score (nSPS) is 15.1. The summed E-state index contributed by atoms with van der Waals surface area (Å²) >= 11 is 0. The molecule has 0 saturated carbocycles. The molecule has 3 aromatic carbocycles. The molecule has 198 valence electrons. The van der Waals surface area contributed by atoms with Gasteiger partial charge in [0.15, 0.2) is 5.88 Å². The molecule has 0 aliphatic carbocycles. The average Bonchev–Trinajstić information content (AvgIpc) is 3.24. The molecule has 2 heterocycles. The van der Waals surface area contributed by atoms with Gasteiger partial charge in [0.25, 0.3) is 0 Å². The lowest BCUT2D eigenvalue weighted by Gasteiger charge is -2.27. The molecule has 8 nitrogen and oxygen atoms in total. The van der Waals surface area contributed by atoms with Crippen LogP contribution in [0.4, 0.5) is 11.4 Å². The Balaban J connectivity index is 1.53. The van der Waals surface area contributed by atoms with E-state index >= 15 is 0 Å². The fourth-order valence-electron chi connectivity index (χ4n) is 4.77. The van der Waals surface area contributed by atoms with Crippen LogP contribution in [-0.2, 0) is 16.6 Å². The highest BCUT2D eigenvalue weighted by Crippen LogP contribution is 2.33. The number of sulfonamides is 1. The maximum absolute atomic E-state index is 12.4. The molecular formula is C29H33N5O3S. The molecule has 9 heteroatoms. The number of aromatic amines is 1. The number of aromatic nitrogens is 1. The molecule has 1 aliphatic heterocycles. The second-order valence-electron chi connectivity index (χ2n) is 9.55. The molecule has 1 aromatic heterocycles. The molecule has 0 bridgehead atoms. The van der Waals surface area contributed by atoms with Crippen LogP contribution < -0.4 is 10.0 Å². The standard InChI is InChI=1S/C29H33N5O3S/c1-2-18-38(36,37)33-24-12-13-26-25(19-24)27(29(35)32-26)28(22-6-4-3-5-7-22)31-23-10-8-21(9-11-23)20-34-16-14-30-15-17-34/h3-13,19,30,32-33,35H,2,14-18,20H2,1H3. The summed E-state index contributed by atoms with van der Waals surface area (Å²) in [4.78, 5) is 10.4. The number of anilines is 1. The number of piperazine rings is 1. The molecule has 4 N–H and O–H groups in total. The average molecular weight is 532 g/mol. The Morgan fingerprint density at radius 1 is 1.03 bits per heavy atom. The van der Waals surface area contributed by atoms with Crippen molar-refractivity contribution in [3.05, 3.63) is 89.5 Å². The third-order valence-corrected chi connectivity index (χ3v) is 8.09. The fraction of sp³-hybridized carbons (Fsp3) is 0.276. The number of nitrogens with zero attached hydrogens (tertiary/aromatic N) is 2. The summed E-state index contributed by atoms with van der Waals surface area (Å²) < 4.78 is 27.4. The second kappa shape index (κ2) is 11.4. The highest BCUT2D eigenvalue weighted by molar-refractivity contribution is 7.92. The van der Waals surface area contributed by atoms with Gasteiger partial charge in [-0.1, -0.05) is 49.4 Å². The quantitative estimate of drug-likeness (QED) is 0.236. The van der Waals surface area contributed by atoms with E-state index in [2.05, 4.69) is 32.1 Å². The molecule has 0 unspecified atom stereocenters. The minimum Gasteiger partial charge on any atom is -0.494 e. The smallest absolute Gasteiger partial charge is 0.232 e. The summed E-state index contributed by atoms with van der Waals surface area (Å²) in [5.74, 6) is 0.0176. The van der Waals surface area contributed by atoms with Crippen LogP contribution in [0.25, 0.3) is 10.9 Å². The van der Waals surface area contributed by atoms with Gasteiger partial charge in [-0.05, 0) is 42.3 Å². The fourth-order valence-corrected chi connectivity index (χ4v) is 5.90. The zero-order valence-electron chi connectivity index (χ0n) is 21.4. The van der Waals surface area contributed by atoms with E-state index in [0.29, 0.717) is 34.3 Å². The molecule has 0 radical (unpaired) electrons. The number of nitrogens with one attached hydrogen (secondary N) is 3. The molecule has 1 fully saturated rings. The van der Waals surface area contributed by atoms with Gasteiger partial charge in [0.2, 0.25) is 10.0 Å². The van der Waals surface area contributed by atoms with Gasteiger partial charge in [-0.3, -0.25) is 9.62 Å². The summed E-state index contributed by atoms with van der Waals surface area (Å²) in [5, 5.41) is 15.1. The Bertz CT molecular complexity index is 1520. The predicted octanol–water partition coefficient (Wildman–Crippen LogP) is 4.60. The van der Waals surface area contributed by atoms with E-state index in [4.69, 9.17) is 4.99 Å². The molecule has 1 aliphatic rings. The molecule has 5 rings (SSSR count). The molecule has 0 amide bonds. The van der Waals surface area contributed by atoms with Crippen LogP contribution in [0.2, 0.25) is 0 Å². The lowest BCUT2D eigenvalue weighted by Crippen LogP contribution is -2.42. The zero-order chi connectivity index (χ0) is 26.5. The van der Waals surface area contributed by atoms with Gasteiger partial charge < -0.3 is 15.4 Å². The van der Waals surface area contributed by atoms with Crippen molar-refractivity contribution in [2.24, 2.45) is 4.99 Å². The van der Waals surface area contributed by atoms with E-state index in [-0.39, 0.29) is 11.6 Å². The summed E-state index contributed by atoms with van der Waals surface area (Å²) in [7, 11) is -3.46. The van der Waals surface area contributed by atoms with E-state index in [1.807, 2.05) is 49.4 Å². The summed E-state index contributed by atoms with van der Waals surface area (Å²) in [6, 6.07) is 23.1. The number of rotatable bonds is 9. The lowest BCUT2D eigenvalue weighted by atomic mass is 10.0. The monoisotopic (exact) mass is 531 g/mol. The third-order valence-electron chi connectivity index (χ3n) is 6.60. The molecule has 1 saturated heterocycles. The minimum atomic E-state index is -3.46. The third kappa shape index (κ3) is 6.07. The van der Waals surface area contributed by atoms with Crippen LogP contribution >= 0.6 is 0 Å². The topological polar surface area (TPSA) is 110 Å². The van der Waals surface area contributed by atoms with E-state index in [1.165, 1.54) is 5.56 Å². The van der Waals surface area contributed by atoms with Crippen molar-refractivity contribution in [2.75, 3.05) is 36.7 Å². The molecule has 0 spiro atoms. The van der Waals surface area contributed by atoms with Crippen LogP contribution in [0, 0.1) is 0 Å². The molecular weight excluding hydrogens is 498 g/mol. The first-order valence-corrected chi connectivity index (χ1v) is 14.6. The van der Waals surface area contributed by atoms with E-state index in [9.17, 15) is 13.5 Å². The van der Waals surface area contributed by atoms with Crippen molar-refractivity contribution >= 4 is 38.0 Å². The maximum Gasteiger partial charge on any atom is 0.232 e. The van der Waals surface area contributed by atoms with Gasteiger partial charge in [-0.2, -0.15) is 0 Å². The number of aliphatic imine (C=N–C) groups is 1. The Morgan fingerprint density at radius 3 is 2.47 bits per heavy atom. The largest absolute Gasteiger partial charge is 0.494 e. The van der Waals surface area contributed by atoms with Crippen molar-refractivity contribution in [1.82, 2.24) is 15.2 Å². The van der Waals surface area contributed by atoms with Crippen molar-refractivity contribution < 1.29 is 13.5 Å². The number of hydrogen-bond donors (Lipinski definition) is 4. The zero-order valence-corrected chi connectivity index (χ0v) is 22.3. The first-order chi connectivity index (χ1) is 18.4. The number of aromatic hydroxyl groups is 1. The van der Waals surface area contributed by atoms with E-state index < -0.39 is 10.0 Å². The SMILES string of the molecule is CCCS(=O)(=O)Nc1ccc2[nH]c(O)c(C(=Nc3ccc(CN4CCNCC4)cc3)c3ccccc3)c2c1. The molecule has 0 atom stereocenters. The summed E-state index contributed by atoms with van der Waals surface area (Å²) in [6.07, 6.45) is 0.520. The highest BCUT2D eigenvalue weighted by atomic mass is 32.2. The Morgan fingerprint density at radius 2 is 1.76 bits per heavy atom. The van der Waals surface area contributed by atoms with Gasteiger partial charge in [0.05, 0.1) is 22.7 Å². The van der Waals surface area contributed by atoms with Crippen LogP contribution in [0.1, 0.15) is 30.0 Å². The van der Waals surface area contributed by atoms with Crippen LogP contribution in [-0.4, -0.2) is 61.1 Å². The van der Waals surface area contributed by atoms with Crippen molar-refractivity contribution in [1.29, 1.82) is 0 Å². The first-order valence-electron chi connectivity index (χ1n) is 12.9. The van der Waals surface area contributed by atoms with Gasteiger partial charge >= 0.3 is 0 Å². The van der Waals surface area contributed by atoms with Crippen molar-refractivity contribution in [2.45, 2.75) is 19.9 Å².